The second-order valence-corrected chi connectivity index (χ2v) is 5.50. The van der Waals surface area contributed by atoms with Crippen LogP contribution in [0.5, 0.6) is 0 Å². The minimum atomic E-state index is -0.0642. The van der Waals surface area contributed by atoms with Crippen LogP contribution < -0.4 is 5.32 Å². The third-order valence-corrected chi connectivity index (χ3v) is 3.15. The van der Waals surface area contributed by atoms with Crippen molar-refractivity contribution in [2.45, 2.75) is 53.1 Å². The van der Waals surface area contributed by atoms with Crippen LogP contribution >= 0.6 is 0 Å². The molecule has 0 amide bonds. The van der Waals surface area contributed by atoms with E-state index in [9.17, 15) is 5.11 Å². The SMILES string of the molecule is CCC(CC)(CO)CNCCOC(C)(C)C. The van der Waals surface area contributed by atoms with Crippen molar-refractivity contribution in [3.8, 4) is 0 Å². The van der Waals surface area contributed by atoms with Crippen molar-refractivity contribution < 1.29 is 9.84 Å². The zero-order chi connectivity index (χ0) is 12.7. The average Bonchev–Trinajstić information content (AvgIpc) is 2.23. The summed E-state index contributed by atoms with van der Waals surface area (Å²) in [5.74, 6) is 0. The quantitative estimate of drug-likeness (QED) is 0.629. The van der Waals surface area contributed by atoms with E-state index in [-0.39, 0.29) is 17.6 Å². The lowest BCUT2D eigenvalue weighted by atomic mass is 9.83. The average molecular weight is 231 g/mol. The second kappa shape index (κ2) is 7.25. The zero-order valence-corrected chi connectivity index (χ0v) is 11.6. The van der Waals surface area contributed by atoms with E-state index < -0.39 is 0 Å². The van der Waals surface area contributed by atoms with E-state index in [1.807, 2.05) is 0 Å². The summed E-state index contributed by atoms with van der Waals surface area (Å²) in [5, 5.41) is 12.8. The summed E-state index contributed by atoms with van der Waals surface area (Å²) in [6.45, 7) is 13.1. The molecule has 3 nitrogen and oxygen atoms in total. The van der Waals surface area contributed by atoms with Gasteiger partial charge >= 0.3 is 0 Å². The van der Waals surface area contributed by atoms with Gasteiger partial charge in [-0.3, -0.25) is 0 Å². The topological polar surface area (TPSA) is 41.5 Å². The van der Waals surface area contributed by atoms with Crippen LogP contribution in [-0.4, -0.2) is 37.0 Å². The van der Waals surface area contributed by atoms with E-state index in [2.05, 4.69) is 39.9 Å². The van der Waals surface area contributed by atoms with Crippen LogP contribution in [0.25, 0.3) is 0 Å². The van der Waals surface area contributed by atoms with Gasteiger partial charge in [-0.25, -0.2) is 0 Å². The number of hydrogen-bond acceptors (Lipinski definition) is 3. The molecular weight excluding hydrogens is 202 g/mol. The van der Waals surface area contributed by atoms with E-state index in [1.54, 1.807) is 0 Å². The molecule has 0 aliphatic rings. The van der Waals surface area contributed by atoms with Crippen LogP contribution in [0.4, 0.5) is 0 Å². The molecule has 0 spiro atoms. The fourth-order valence-corrected chi connectivity index (χ4v) is 1.56. The number of aliphatic hydroxyl groups is 1. The highest BCUT2D eigenvalue weighted by atomic mass is 16.5. The monoisotopic (exact) mass is 231 g/mol. The van der Waals surface area contributed by atoms with Gasteiger partial charge in [-0.2, -0.15) is 0 Å². The highest BCUT2D eigenvalue weighted by Gasteiger charge is 2.24. The molecule has 0 aromatic rings. The molecular formula is C13H29NO2. The third-order valence-electron chi connectivity index (χ3n) is 3.15. The normalized spacial score (nSPS) is 13.1. The summed E-state index contributed by atoms with van der Waals surface area (Å²) in [6.07, 6.45) is 2.01. The van der Waals surface area contributed by atoms with Crippen molar-refractivity contribution in [3.05, 3.63) is 0 Å². The van der Waals surface area contributed by atoms with Crippen molar-refractivity contribution in [2.24, 2.45) is 5.41 Å². The molecule has 98 valence electrons. The molecule has 0 fully saturated rings. The van der Waals surface area contributed by atoms with Crippen LogP contribution in [0.15, 0.2) is 0 Å². The number of hydrogen-bond donors (Lipinski definition) is 2. The number of nitrogens with one attached hydrogen (secondary N) is 1. The largest absolute Gasteiger partial charge is 0.396 e. The molecule has 0 bridgehead atoms. The molecule has 0 atom stereocenters. The summed E-state index contributed by atoms with van der Waals surface area (Å²) in [6, 6.07) is 0. The molecule has 3 heteroatoms. The highest BCUT2D eigenvalue weighted by Crippen LogP contribution is 2.24. The molecule has 2 N–H and O–H groups in total. The van der Waals surface area contributed by atoms with Crippen molar-refractivity contribution in [3.63, 3.8) is 0 Å². The molecule has 0 heterocycles. The molecule has 0 aliphatic heterocycles. The van der Waals surface area contributed by atoms with Crippen LogP contribution in [-0.2, 0) is 4.74 Å². The molecule has 0 rings (SSSR count). The molecule has 0 unspecified atom stereocenters. The first-order valence-electron chi connectivity index (χ1n) is 6.34. The Hall–Kier alpha value is -0.120. The van der Waals surface area contributed by atoms with E-state index in [0.29, 0.717) is 0 Å². The Kier molecular flexibility index (Phi) is 7.20. The Balaban J connectivity index is 3.71. The smallest absolute Gasteiger partial charge is 0.0599 e. The molecule has 0 aliphatic carbocycles. The lowest BCUT2D eigenvalue weighted by Crippen LogP contribution is -2.38. The number of ether oxygens (including phenoxy) is 1. The summed E-state index contributed by atoms with van der Waals surface area (Å²) in [7, 11) is 0. The summed E-state index contributed by atoms with van der Waals surface area (Å²) in [5.41, 5.74) is -0.0208. The van der Waals surface area contributed by atoms with Gasteiger partial charge in [0.2, 0.25) is 0 Å². The van der Waals surface area contributed by atoms with Crippen LogP contribution in [0.1, 0.15) is 47.5 Å². The maximum absolute atomic E-state index is 9.39. The van der Waals surface area contributed by atoms with Gasteiger partial charge in [0.05, 0.1) is 12.2 Å². The standard InChI is InChI=1S/C13H29NO2/c1-6-13(7-2,11-15)10-14-8-9-16-12(3,4)5/h14-15H,6-11H2,1-5H3. The maximum atomic E-state index is 9.39. The molecule has 16 heavy (non-hydrogen) atoms. The highest BCUT2D eigenvalue weighted by molar-refractivity contribution is 4.78. The van der Waals surface area contributed by atoms with Gasteiger partial charge < -0.3 is 15.2 Å². The Morgan fingerprint density at radius 2 is 1.69 bits per heavy atom. The van der Waals surface area contributed by atoms with Gasteiger partial charge in [-0.05, 0) is 33.6 Å². The first-order chi connectivity index (χ1) is 7.39. The van der Waals surface area contributed by atoms with Crippen LogP contribution in [0.2, 0.25) is 0 Å². The molecule has 0 radical (unpaired) electrons. The van der Waals surface area contributed by atoms with Crippen molar-refractivity contribution in [1.82, 2.24) is 5.32 Å². The van der Waals surface area contributed by atoms with Gasteiger partial charge in [0.15, 0.2) is 0 Å². The molecule has 0 saturated heterocycles. The van der Waals surface area contributed by atoms with Crippen molar-refractivity contribution in [2.75, 3.05) is 26.3 Å². The molecule has 0 saturated carbocycles. The first kappa shape index (κ1) is 15.9. The molecule has 0 aromatic carbocycles. The van der Waals surface area contributed by atoms with E-state index >= 15 is 0 Å². The van der Waals surface area contributed by atoms with E-state index in [4.69, 9.17) is 4.74 Å². The fourth-order valence-electron chi connectivity index (χ4n) is 1.56. The molecule has 0 aromatic heterocycles. The zero-order valence-electron chi connectivity index (χ0n) is 11.6. The van der Waals surface area contributed by atoms with Gasteiger partial charge in [0, 0.05) is 25.1 Å². The maximum Gasteiger partial charge on any atom is 0.0599 e. The summed E-state index contributed by atoms with van der Waals surface area (Å²) in [4.78, 5) is 0. The first-order valence-corrected chi connectivity index (χ1v) is 6.34. The van der Waals surface area contributed by atoms with Gasteiger partial charge in [-0.15, -0.1) is 0 Å². The summed E-state index contributed by atoms with van der Waals surface area (Å²) < 4.78 is 5.62. The van der Waals surface area contributed by atoms with Crippen molar-refractivity contribution in [1.29, 1.82) is 0 Å². The third kappa shape index (κ3) is 6.46. The van der Waals surface area contributed by atoms with Gasteiger partial charge in [0.25, 0.3) is 0 Å². The lowest BCUT2D eigenvalue weighted by Gasteiger charge is -2.30. The van der Waals surface area contributed by atoms with Crippen molar-refractivity contribution >= 4 is 0 Å². The van der Waals surface area contributed by atoms with Crippen LogP contribution in [0.3, 0.4) is 0 Å². The minimum Gasteiger partial charge on any atom is -0.396 e. The number of rotatable bonds is 8. The predicted octanol–water partition coefficient (Wildman–Crippen LogP) is 2.19. The van der Waals surface area contributed by atoms with E-state index in [0.717, 1.165) is 32.5 Å². The second-order valence-electron chi connectivity index (χ2n) is 5.50. The Bertz CT molecular complexity index is 163. The van der Waals surface area contributed by atoms with Gasteiger partial charge in [0.1, 0.15) is 0 Å². The lowest BCUT2D eigenvalue weighted by molar-refractivity contribution is -0.00239. The Morgan fingerprint density at radius 1 is 1.12 bits per heavy atom. The van der Waals surface area contributed by atoms with E-state index in [1.165, 1.54) is 0 Å². The van der Waals surface area contributed by atoms with Crippen LogP contribution in [0, 0.1) is 5.41 Å². The van der Waals surface area contributed by atoms with Gasteiger partial charge in [-0.1, -0.05) is 13.8 Å². The Morgan fingerprint density at radius 3 is 2.06 bits per heavy atom. The minimum absolute atomic E-state index is 0.0434. The number of aliphatic hydroxyl groups excluding tert-OH is 1. The summed E-state index contributed by atoms with van der Waals surface area (Å²) >= 11 is 0. The Labute approximate surface area is 101 Å². The fraction of sp³-hybridized carbons (Fsp3) is 1.00. The predicted molar refractivity (Wildman–Crippen MR) is 68.7 cm³/mol.